The first-order valence-corrected chi connectivity index (χ1v) is 6.12. The molecule has 0 aliphatic rings. The van der Waals surface area contributed by atoms with Crippen molar-refractivity contribution in [1.29, 1.82) is 0 Å². The van der Waals surface area contributed by atoms with E-state index in [2.05, 4.69) is 6.92 Å². The van der Waals surface area contributed by atoms with E-state index in [1.165, 1.54) is 32.6 Å². The monoisotopic (exact) mass is 228 g/mol. The highest BCUT2D eigenvalue weighted by molar-refractivity contribution is 5.66. The van der Waals surface area contributed by atoms with Crippen molar-refractivity contribution in [3.63, 3.8) is 0 Å². The largest absolute Gasteiger partial charge is 0.462 e. The number of ether oxygens (including phenoxy) is 1. The fourth-order valence-corrected chi connectivity index (χ4v) is 1.48. The molecule has 0 unspecified atom stereocenters. The molecule has 0 fully saturated rings. The van der Waals surface area contributed by atoms with E-state index in [0.29, 0.717) is 0 Å². The lowest BCUT2D eigenvalue weighted by molar-refractivity contribution is -0.139. The number of carbonyl (C=O) groups is 1. The van der Waals surface area contributed by atoms with Crippen LogP contribution in [0.5, 0.6) is 0 Å². The predicted molar refractivity (Wildman–Crippen MR) is 65.2 cm³/mol. The van der Waals surface area contributed by atoms with Crippen molar-refractivity contribution in [3.05, 3.63) is 11.6 Å². The minimum Gasteiger partial charge on any atom is -0.462 e. The summed E-state index contributed by atoms with van der Waals surface area (Å²) in [5.74, 6) is -0.281. The minimum atomic E-state index is -0.281. The van der Waals surface area contributed by atoms with Gasteiger partial charge < -0.3 is 9.84 Å². The molecule has 94 valence electrons. The third kappa shape index (κ3) is 9.71. The molecule has 0 bridgehead atoms. The summed E-state index contributed by atoms with van der Waals surface area (Å²) in [5.41, 5.74) is 0.970. The molecule has 0 saturated carbocycles. The number of carbonyl (C=O) groups excluding carboxylic acids is 1. The first kappa shape index (κ1) is 15.2. The van der Waals surface area contributed by atoms with Crippen molar-refractivity contribution in [2.24, 2.45) is 0 Å². The van der Waals surface area contributed by atoms with E-state index in [-0.39, 0.29) is 19.2 Å². The van der Waals surface area contributed by atoms with E-state index in [1.807, 2.05) is 0 Å². The molecule has 16 heavy (non-hydrogen) atoms. The summed E-state index contributed by atoms with van der Waals surface area (Å²) < 4.78 is 4.79. The molecule has 0 aliphatic heterocycles. The van der Waals surface area contributed by atoms with Crippen LogP contribution in [0, 0.1) is 0 Å². The zero-order valence-corrected chi connectivity index (χ0v) is 10.5. The standard InChI is InChI=1S/C13H24O3/c1-3-4-5-6-7-8-13(11-14)9-10-16-12(2)15/h9,14H,3-8,10-11H2,1-2H3/b13-9+. The van der Waals surface area contributed by atoms with Gasteiger partial charge >= 0.3 is 5.97 Å². The summed E-state index contributed by atoms with van der Waals surface area (Å²) >= 11 is 0. The molecule has 0 aromatic carbocycles. The van der Waals surface area contributed by atoms with Crippen molar-refractivity contribution in [3.8, 4) is 0 Å². The highest BCUT2D eigenvalue weighted by atomic mass is 16.5. The lowest BCUT2D eigenvalue weighted by Crippen LogP contribution is -2.00. The quantitative estimate of drug-likeness (QED) is 0.375. The Morgan fingerprint density at radius 2 is 1.94 bits per heavy atom. The summed E-state index contributed by atoms with van der Waals surface area (Å²) in [6, 6.07) is 0. The van der Waals surface area contributed by atoms with Crippen LogP contribution in [0.25, 0.3) is 0 Å². The average molecular weight is 228 g/mol. The number of aliphatic hydroxyl groups is 1. The van der Waals surface area contributed by atoms with Crippen LogP contribution in [-0.4, -0.2) is 24.3 Å². The number of unbranched alkanes of at least 4 members (excludes halogenated alkanes) is 4. The predicted octanol–water partition coefficient (Wildman–Crippen LogP) is 2.83. The number of rotatable bonds is 9. The second-order valence-electron chi connectivity index (χ2n) is 3.99. The smallest absolute Gasteiger partial charge is 0.302 e. The van der Waals surface area contributed by atoms with Gasteiger partial charge in [0.1, 0.15) is 6.61 Å². The first-order valence-electron chi connectivity index (χ1n) is 6.12. The minimum absolute atomic E-state index is 0.0645. The molecule has 1 N–H and O–H groups in total. The zero-order valence-electron chi connectivity index (χ0n) is 10.5. The third-order valence-corrected chi connectivity index (χ3v) is 2.46. The fourth-order valence-electron chi connectivity index (χ4n) is 1.48. The molecular weight excluding hydrogens is 204 g/mol. The van der Waals surface area contributed by atoms with Gasteiger partial charge in [0.05, 0.1) is 6.61 Å². The molecule has 0 aliphatic carbocycles. The molecule has 0 heterocycles. The van der Waals surface area contributed by atoms with Gasteiger partial charge in [0, 0.05) is 6.92 Å². The van der Waals surface area contributed by atoms with Crippen LogP contribution in [0.2, 0.25) is 0 Å². The Balaban J connectivity index is 3.61. The van der Waals surface area contributed by atoms with Gasteiger partial charge in [0.2, 0.25) is 0 Å². The summed E-state index contributed by atoms with van der Waals surface area (Å²) in [6.07, 6.45) is 8.81. The maximum Gasteiger partial charge on any atom is 0.302 e. The van der Waals surface area contributed by atoms with Crippen LogP contribution in [0.1, 0.15) is 52.4 Å². The van der Waals surface area contributed by atoms with Gasteiger partial charge in [-0.1, -0.05) is 32.6 Å². The van der Waals surface area contributed by atoms with Crippen molar-refractivity contribution in [2.75, 3.05) is 13.2 Å². The van der Waals surface area contributed by atoms with E-state index in [0.717, 1.165) is 18.4 Å². The van der Waals surface area contributed by atoms with Crippen LogP contribution >= 0.6 is 0 Å². The van der Waals surface area contributed by atoms with Gasteiger partial charge in [-0.3, -0.25) is 4.79 Å². The molecule has 0 saturated heterocycles. The zero-order chi connectivity index (χ0) is 12.2. The molecule has 0 rings (SSSR count). The Bertz CT molecular complexity index is 209. The molecule has 0 atom stereocenters. The lowest BCUT2D eigenvalue weighted by Gasteiger charge is -2.04. The third-order valence-electron chi connectivity index (χ3n) is 2.46. The van der Waals surface area contributed by atoms with E-state index in [1.54, 1.807) is 6.08 Å². The van der Waals surface area contributed by atoms with Gasteiger partial charge in [-0.05, 0) is 24.5 Å². The van der Waals surface area contributed by atoms with Crippen molar-refractivity contribution in [2.45, 2.75) is 52.4 Å². The maximum atomic E-state index is 10.5. The fraction of sp³-hybridized carbons (Fsp3) is 0.769. The molecule has 3 nitrogen and oxygen atoms in total. The van der Waals surface area contributed by atoms with Crippen LogP contribution < -0.4 is 0 Å². The van der Waals surface area contributed by atoms with Crippen molar-refractivity contribution >= 4 is 5.97 Å². The second kappa shape index (κ2) is 10.7. The number of esters is 1. The average Bonchev–Trinajstić information content (AvgIpc) is 2.26. The van der Waals surface area contributed by atoms with E-state index >= 15 is 0 Å². The second-order valence-corrected chi connectivity index (χ2v) is 3.99. The van der Waals surface area contributed by atoms with Gasteiger partial charge in [0.15, 0.2) is 0 Å². The highest BCUT2D eigenvalue weighted by Gasteiger charge is 1.97. The first-order chi connectivity index (χ1) is 7.70. The van der Waals surface area contributed by atoms with E-state index in [4.69, 9.17) is 9.84 Å². The highest BCUT2D eigenvalue weighted by Crippen LogP contribution is 2.10. The van der Waals surface area contributed by atoms with Crippen molar-refractivity contribution < 1.29 is 14.6 Å². The Kier molecular flexibility index (Phi) is 10.1. The number of aliphatic hydroxyl groups excluding tert-OH is 1. The maximum absolute atomic E-state index is 10.5. The van der Waals surface area contributed by atoms with Crippen molar-refractivity contribution in [1.82, 2.24) is 0 Å². The topological polar surface area (TPSA) is 46.5 Å². The van der Waals surface area contributed by atoms with E-state index in [9.17, 15) is 4.79 Å². The van der Waals surface area contributed by atoms with Gasteiger partial charge in [-0.15, -0.1) is 0 Å². The molecule has 0 radical (unpaired) electrons. The van der Waals surface area contributed by atoms with Crippen LogP contribution in [-0.2, 0) is 9.53 Å². The van der Waals surface area contributed by atoms with Gasteiger partial charge in [-0.2, -0.15) is 0 Å². The van der Waals surface area contributed by atoms with Gasteiger partial charge in [-0.25, -0.2) is 0 Å². The Labute approximate surface area is 98.5 Å². The molecule has 3 heteroatoms. The summed E-state index contributed by atoms with van der Waals surface area (Å²) in [6.45, 7) is 3.92. The van der Waals surface area contributed by atoms with Crippen LogP contribution in [0.4, 0.5) is 0 Å². The Morgan fingerprint density at radius 3 is 2.50 bits per heavy atom. The molecular formula is C13H24O3. The molecule has 0 amide bonds. The van der Waals surface area contributed by atoms with Gasteiger partial charge in [0.25, 0.3) is 0 Å². The SMILES string of the molecule is CCCCCCC/C(=C\COC(C)=O)CO. The summed E-state index contributed by atoms with van der Waals surface area (Å²) in [5, 5.41) is 9.09. The Morgan fingerprint density at radius 1 is 1.25 bits per heavy atom. The summed E-state index contributed by atoms with van der Waals surface area (Å²) in [7, 11) is 0. The van der Waals surface area contributed by atoms with Crippen LogP contribution in [0.15, 0.2) is 11.6 Å². The molecule has 0 aromatic heterocycles. The summed E-state index contributed by atoms with van der Waals surface area (Å²) in [4.78, 5) is 10.5. The Hall–Kier alpha value is -0.830. The molecule has 0 aromatic rings. The van der Waals surface area contributed by atoms with Crippen LogP contribution in [0.3, 0.4) is 0 Å². The number of hydrogen-bond donors (Lipinski definition) is 1. The number of hydrogen-bond acceptors (Lipinski definition) is 3. The van der Waals surface area contributed by atoms with E-state index < -0.39 is 0 Å². The lowest BCUT2D eigenvalue weighted by atomic mass is 10.1. The normalized spacial score (nSPS) is 11.6. The molecule has 0 spiro atoms.